The Morgan fingerprint density at radius 2 is 1.81 bits per heavy atom. The zero-order valence-electron chi connectivity index (χ0n) is 18.7. The average Bonchev–Trinajstić information content (AvgIpc) is 2.97. The van der Waals surface area contributed by atoms with E-state index in [1.54, 1.807) is 6.92 Å². The number of carbonyl (C=O) groups excluding carboxylic acids is 1. The normalized spacial score (nSPS) is 52.4. The minimum absolute atomic E-state index is 0.182. The summed E-state index contributed by atoms with van der Waals surface area (Å²) in [6.07, 6.45) is 14.3. The van der Waals surface area contributed by atoms with Crippen LogP contribution in [0.3, 0.4) is 0 Å². The van der Waals surface area contributed by atoms with Gasteiger partial charge in [-0.25, -0.2) is 0 Å². The standard InChI is InChI=1S/C25H42O/c1-17(8-9-18(2)26)21-12-13-22-20-11-10-19-7-5-6-15-24(19,3)23(20)14-16-25(21,22)4/h17,19-23H,5-16H2,1-4H3/t17?,19-,20-,21+,22?,23?,24-,25+/m0/s1/i11D/t11?,17?,19-,20-,21+,22?,23?,24-,25+. The summed E-state index contributed by atoms with van der Waals surface area (Å²) in [7, 11) is 0. The zero-order valence-corrected chi connectivity index (χ0v) is 17.7. The highest BCUT2D eigenvalue weighted by Crippen LogP contribution is 2.68. The van der Waals surface area contributed by atoms with Crippen LogP contribution in [0.25, 0.3) is 0 Å². The van der Waals surface area contributed by atoms with Crippen molar-refractivity contribution >= 4 is 5.78 Å². The minimum atomic E-state index is 0.182. The van der Waals surface area contributed by atoms with Crippen LogP contribution in [0.15, 0.2) is 0 Å². The Morgan fingerprint density at radius 1 is 1.04 bits per heavy atom. The summed E-state index contributed by atoms with van der Waals surface area (Å²) in [5.74, 6) is 4.82. The van der Waals surface area contributed by atoms with E-state index in [4.69, 9.17) is 1.37 Å². The van der Waals surface area contributed by atoms with Crippen molar-refractivity contribution in [2.75, 3.05) is 0 Å². The monoisotopic (exact) mass is 359 g/mol. The highest BCUT2D eigenvalue weighted by Gasteiger charge is 2.59. The third-order valence-electron chi connectivity index (χ3n) is 10.0. The molecule has 4 aliphatic rings. The first kappa shape index (κ1) is 17.7. The molecule has 0 spiro atoms. The first-order chi connectivity index (χ1) is 12.8. The summed E-state index contributed by atoms with van der Waals surface area (Å²) in [6, 6.07) is 0. The second-order valence-corrected chi connectivity index (χ2v) is 11.2. The van der Waals surface area contributed by atoms with E-state index >= 15 is 0 Å². The Balaban J connectivity index is 1.56. The van der Waals surface area contributed by atoms with Crippen molar-refractivity contribution < 1.29 is 6.17 Å². The molecule has 4 fully saturated rings. The minimum Gasteiger partial charge on any atom is -0.300 e. The van der Waals surface area contributed by atoms with Crippen molar-refractivity contribution in [3.05, 3.63) is 0 Å². The molecular formula is C25H42O. The third-order valence-corrected chi connectivity index (χ3v) is 10.0. The lowest BCUT2D eigenvalue weighted by atomic mass is 9.44. The van der Waals surface area contributed by atoms with Gasteiger partial charge in [-0.2, -0.15) is 0 Å². The van der Waals surface area contributed by atoms with E-state index in [1.165, 1.54) is 57.8 Å². The number of carbonyl (C=O) groups is 1. The highest BCUT2D eigenvalue weighted by atomic mass is 16.1. The molecule has 148 valence electrons. The largest absolute Gasteiger partial charge is 0.300 e. The molecule has 4 rings (SSSR count). The smallest absolute Gasteiger partial charge is 0.129 e. The lowest BCUT2D eigenvalue weighted by molar-refractivity contribution is -0.119. The zero-order chi connectivity index (χ0) is 19.4. The van der Waals surface area contributed by atoms with Crippen molar-refractivity contribution in [1.82, 2.24) is 0 Å². The fourth-order valence-corrected chi connectivity index (χ4v) is 8.53. The maximum Gasteiger partial charge on any atom is 0.129 e. The van der Waals surface area contributed by atoms with Crippen LogP contribution < -0.4 is 0 Å². The lowest BCUT2D eigenvalue weighted by Crippen LogP contribution is -2.53. The lowest BCUT2D eigenvalue weighted by Gasteiger charge is -2.61. The topological polar surface area (TPSA) is 17.1 Å². The summed E-state index contributed by atoms with van der Waals surface area (Å²) in [5, 5.41) is 0. The molecule has 0 aliphatic heterocycles. The molecule has 0 amide bonds. The van der Waals surface area contributed by atoms with Gasteiger partial charge in [-0.05, 0) is 111 Å². The van der Waals surface area contributed by atoms with Crippen LogP contribution in [-0.2, 0) is 4.79 Å². The van der Waals surface area contributed by atoms with Crippen LogP contribution in [0.2, 0.25) is 0 Å². The maximum absolute atomic E-state index is 11.5. The number of hydrogen-bond acceptors (Lipinski definition) is 1. The van der Waals surface area contributed by atoms with Crippen molar-refractivity contribution in [2.24, 2.45) is 46.3 Å². The number of rotatable bonds is 4. The molecule has 0 radical (unpaired) electrons. The van der Waals surface area contributed by atoms with Crippen molar-refractivity contribution in [3.8, 4) is 0 Å². The Labute approximate surface area is 163 Å². The van der Waals surface area contributed by atoms with E-state index in [0.29, 0.717) is 28.4 Å². The van der Waals surface area contributed by atoms with Gasteiger partial charge < -0.3 is 4.79 Å². The molecule has 1 heteroatoms. The second kappa shape index (κ2) is 6.93. The molecule has 1 nitrogen and oxygen atoms in total. The summed E-state index contributed by atoms with van der Waals surface area (Å²) < 4.78 is 9.11. The van der Waals surface area contributed by atoms with Gasteiger partial charge in [-0.3, -0.25) is 0 Å². The number of fused-ring (bicyclic) bond motifs is 5. The van der Waals surface area contributed by atoms with E-state index in [1.807, 2.05) is 0 Å². The Bertz CT molecular complexity index is 573. The third kappa shape index (κ3) is 2.91. The molecule has 4 saturated carbocycles. The van der Waals surface area contributed by atoms with Crippen molar-refractivity contribution in [3.63, 3.8) is 0 Å². The summed E-state index contributed by atoms with van der Waals surface area (Å²) in [5.41, 5.74) is 0.953. The first-order valence-corrected chi connectivity index (χ1v) is 11.7. The van der Waals surface area contributed by atoms with Gasteiger partial charge >= 0.3 is 0 Å². The Morgan fingerprint density at radius 3 is 2.58 bits per heavy atom. The van der Waals surface area contributed by atoms with Gasteiger partial charge in [0.05, 0.1) is 0 Å². The SMILES string of the molecule is [2H]C1C[C@@H]2CCCC[C@]2(C)C2CC[C@@]3(C)C(CC[C@@H]3C(C)CCC(C)=O)[C@H]12. The van der Waals surface area contributed by atoms with Crippen LogP contribution in [0, 0.1) is 46.3 Å². The molecule has 0 saturated heterocycles. The van der Waals surface area contributed by atoms with Crippen LogP contribution in [-0.4, -0.2) is 5.78 Å². The van der Waals surface area contributed by atoms with E-state index in [0.717, 1.165) is 36.5 Å². The number of Topliss-reactive ketones (excluding diaryl/α,β-unsaturated/α-hetero) is 1. The van der Waals surface area contributed by atoms with Gasteiger partial charge in [0, 0.05) is 7.79 Å². The molecule has 4 aliphatic carbocycles. The number of ketones is 1. The van der Waals surface area contributed by atoms with Gasteiger partial charge in [0.15, 0.2) is 0 Å². The predicted molar refractivity (Wildman–Crippen MR) is 109 cm³/mol. The molecule has 0 aromatic heterocycles. The fourth-order valence-electron chi connectivity index (χ4n) is 8.53. The molecular weight excluding hydrogens is 316 g/mol. The molecule has 0 aromatic rings. The molecule has 0 bridgehead atoms. The highest BCUT2D eigenvalue weighted by molar-refractivity contribution is 5.75. The van der Waals surface area contributed by atoms with Gasteiger partial charge in [-0.1, -0.05) is 33.6 Å². The summed E-state index contributed by atoms with van der Waals surface area (Å²) >= 11 is 0. The average molecular weight is 360 g/mol. The molecule has 0 aromatic carbocycles. The Hall–Kier alpha value is -0.330. The van der Waals surface area contributed by atoms with Crippen LogP contribution in [0.5, 0.6) is 0 Å². The quantitative estimate of drug-likeness (QED) is 0.526. The molecule has 0 N–H and O–H groups in total. The maximum atomic E-state index is 11.5. The number of hydrogen-bond donors (Lipinski definition) is 0. The summed E-state index contributed by atoms with van der Waals surface area (Å²) in [4.78, 5) is 11.5. The van der Waals surface area contributed by atoms with Crippen LogP contribution in [0.4, 0.5) is 0 Å². The van der Waals surface area contributed by atoms with E-state index < -0.39 is 0 Å². The molecule has 9 atom stereocenters. The van der Waals surface area contributed by atoms with E-state index in [-0.39, 0.29) is 6.40 Å². The Kier molecular flexibility index (Phi) is 4.73. The fraction of sp³-hybridized carbons (Fsp3) is 0.960. The summed E-state index contributed by atoms with van der Waals surface area (Å²) in [6.45, 7) is 9.35. The van der Waals surface area contributed by atoms with Crippen molar-refractivity contribution in [2.45, 2.75) is 105 Å². The first-order valence-electron chi connectivity index (χ1n) is 12.3. The van der Waals surface area contributed by atoms with Gasteiger partial charge in [0.1, 0.15) is 5.78 Å². The van der Waals surface area contributed by atoms with Gasteiger partial charge in [0.2, 0.25) is 0 Å². The van der Waals surface area contributed by atoms with Crippen LogP contribution >= 0.6 is 0 Å². The van der Waals surface area contributed by atoms with E-state index in [2.05, 4.69) is 20.8 Å². The van der Waals surface area contributed by atoms with Gasteiger partial charge in [0.25, 0.3) is 0 Å². The van der Waals surface area contributed by atoms with E-state index in [9.17, 15) is 4.79 Å². The molecule has 26 heavy (non-hydrogen) atoms. The second-order valence-electron chi connectivity index (χ2n) is 11.2. The van der Waals surface area contributed by atoms with Crippen molar-refractivity contribution in [1.29, 1.82) is 0 Å². The molecule has 0 heterocycles. The van der Waals surface area contributed by atoms with Crippen LogP contribution in [0.1, 0.15) is 106 Å². The predicted octanol–water partition coefficient (Wildman–Crippen LogP) is 7.04. The molecule has 4 unspecified atom stereocenters. The van der Waals surface area contributed by atoms with Gasteiger partial charge in [-0.15, -0.1) is 0 Å².